The van der Waals surface area contributed by atoms with E-state index in [9.17, 15) is 14.4 Å². The summed E-state index contributed by atoms with van der Waals surface area (Å²) in [5.74, 6) is -1.69. The average Bonchev–Trinajstić information content (AvgIpc) is 2.81. The summed E-state index contributed by atoms with van der Waals surface area (Å²) >= 11 is 0. The predicted octanol–water partition coefficient (Wildman–Crippen LogP) is 2.91. The van der Waals surface area contributed by atoms with Gasteiger partial charge in [-0.2, -0.15) is 0 Å². The van der Waals surface area contributed by atoms with Crippen molar-refractivity contribution in [2.45, 2.75) is 20.3 Å². The summed E-state index contributed by atoms with van der Waals surface area (Å²) in [6, 6.07) is 11.6. The standard InChI is InChI=1S/C24H28N2O6/c1-4-26(5-2)13-14-31-23(28)16-9-11-18(12-10-16)25-22(27)19-15-17-7-6-8-20(30-3)21(17)32-24(19)29/h6-12,19H,4-5,13-15H2,1-3H3,(H,25,27). The molecule has 0 fully saturated rings. The summed E-state index contributed by atoms with van der Waals surface area (Å²) in [6.45, 7) is 6.91. The molecule has 1 N–H and O–H groups in total. The first-order chi connectivity index (χ1) is 15.5. The molecule has 0 radical (unpaired) electrons. The maximum atomic E-state index is 12.7. The van der Waals surface area contributed by atoms with Crippen LogP contribution in [0.5, 0.6) is 11.5 Å². The number of amides is 1. The molecule has 0 aliphatic carbocycles. The number of nitrogens with zero attached hydrogens (tertiary/aromatic N) is 1. The van der Waals surface area contributed by atoms with Gasteiger partial charge in [-0.25, -0.2) is 4.79 Å². The fourth-order valence-electron chi connectivity index (χ4n) is 3.48. The highest BCUT2D eigenvalue weighted by Gasteiger charge is 2.35. The van der Waals surface area contributed by atoms with Crippen LogP contribution in [-0.4, -0.2) is 56.1 Å². The molecule has 1 aliphatic heterocycles. The van der Waals surface area contributed by atoms with E-state index >= 15 is 0 Å². The van der Waals surface area contributed by atoms with E-state index in [1.165, 1.54) is 7.11 Å². The van der Waals surface area contributed by atoms with Gasteiger partial charge in [-0.3, -0.25) is 9.59 Å². The second kappa shape index (κ2) is 10.8. The molecule has 0 spiro atoms. The fourth-order valence-corrected chi connectivity index (χ4v) is 3.48. The summed E-state index contributed by atoms with van der Waals surface area (Å²) in [5.41, 5.74) is 1.59. The van der Waals surface area contributed by atoms with E-state index in [-0.39, 0.29) is 6.42 Å². The maximum Gasteiger partial charge on any atom is 0.338 e. The number of benzene rings is 2. The molecule has 1 amide bonds. The normalized spacial score (nSPS) is 15.0. The lowest BCUT2D eigenvalue weighted by Crippen LogP contribution is -2.37. The zero-order valence-corrected chi connectivity index (χ0v) is 18.6. The number of methoxy groups -OCH3 is 1. The molecule has 0 saturated carbocycles. The first-order valence-corrected chi connectivity index (χ1v) is 10.6. The highest BCUT2D eigenvalue weighted by molar-refractivity contribution is 6.06. The SMILES string of the molecule is CCN(CC)CCOC(=O)c1ccc(NC(=O)C2Cc3cccc(OC)c3OC2=O)cc1. The number of likely N-dealkylation sites (N-methyl/N-ethyl adjacent to an activating group) is 1. The summed E-state index contributed by atoms with van der Waals surface area (Å²) < 4.78 is 15.9. The highest BCUT2D eigenvalue weighted by Crippen LogP contribution is 2.36. The molecule has 32 heavy (non-hydrogen) atoms. The van der Waals surface area contributed by atoms with Crippen LogP contribution >= 0.6 is 0 Å². The Morgan fingerprint density at radius 3 is 2.50 bits per heavy atom. The molecule has 0 saturated heterocycles. The van der Waals surface area contributed by atoms with E-state index in [0.717, 1.165) is 18.7 Å². The smallest absolute Gasteiger partial charge is 0.338 e. The molecular formula is C24H28N2O6. The van der Waals surface area contributed by atoms with Crippen molar-refractivity contribution < 1.29 is 28.6 Å². The molecule has 8 heteroatoms. The van der Waals surface area contributed by atoms with E-state index in [0.29, 0.717) is 35.9 Å². The molecule has 2 aromatic rings. The van der Waals surface area contributed by atoms with Crippen LogP contribution < -0.4 is 14.8 Å². The number of hydrogen-bond acceptors (Lipinski definition) is 7. The molecule has 3 rings (SSSR count). The van der Waals surface area contributed by atoms with Crippen LogP contribution in [0.1, 0.15) is 29.8 Å². The van der Waals surface area contributed by atoms with Gasteiger partial charge in [-0.15, -0.1) is 0 Å². The van der Waals surface area contributed by atoms with Crippen molar-refractivity contribution in [1.82, 2.24) is 4.90 Å². The molecule has 8 nitrogen and oxygen atoms in total. The van der Waals surface area contributed by atoms with Crippen LogP contribution in [0, 0.1) is 5.92 Å². The Morgan fingerprint density at radius 1 is 1.12 bits per heavy atom. The summed E-state index contributed by atoms with van der Waals surface area (Å²) in [4.78, 5) is 39.4. The number of rotatable bonds is 9. The van der Waals surface area contributed by atoms with Gasteiger partial charge in [0.05, 0.1) is 12.7 Å². The molecule has 0 aromatic heterocycles. The van der Waals surface area contributed by atoms with Crippen molar-refractivity contribution in [2.24, 2.45) is 5.92 Å². The Morgan fingerprint density at radius 2 is 1.84 bits per heavy atom. The quantitative estimate of drug-likeness (QED) is 0.364. The van der Waals surface area contributed by atoms with Crippen LogP contribution in [0.25, 0.3) is 0 Å². The topological polar surface area (TPSA) is 94.2 Å². The molecular weight excluding hydrogens is 412 g/mol. The molecule has 2 aromatic carbocycles. The minimum absolute atomic E-state index is 0.216. The Balaban J connectivity index is 1.57. The van der Waals surface area contributed by atoms with Crippen molar-refractivity contribution in [3.8, 4) is 11.5 Å². The lowest BCUT2D eigenvalue weighted by molar-refractivity contribution is -0.144. The number of carbonyl (C=O) groups excluding carboxylic acids is 3. The average molecular weight is 440 g/mol. The second-order valence-corrected chi connectivity index (χ2v) is 7.36. The maximum absolute atomic E-state index is 12.7. The van der Waals surface area contributed by atoms with Gasteiger partial charge in [0, 0.05) is 17.8 Å². The van der Waals surface area contributed by atoms with Gasteiger partial charge >= 0.3 is 11.9 Å². The van der Waals surface area contributed by atoms with Gasteiger partial charge in [-0.1, -0.05) is 26.0 Å². The van der Waals surface area contributed by atoms with E-state index in [1.807, 2.05) is 0 Å². The van der Waals surface area contributed by atoms with Crippen LogP contribution in [0.15, 0.2) is 42.5 Å². The number of carbonyl (C=O) groups is 3. The number of nitrogens with one attached hydrogen (secondary N) is 1. The van der Waals surface area contributed by atoms with E-state index < -0.39 is 23.8 Å². The van der Waals surface area contributed by atoms with Gasteiger partial charge < -0.3 is 24.4 Å². The largest absolute Gasteiger partial charge is 0.493 e. The zero-order chi connectivity index (χ0) is 23.1. The van der Waals surface area contributed by atoms with E-state index in [1.54, 1.807) is 42.5 Å². The fraction of sp³-hybridized carbons (Fsp3) is 0.375. The zero-order valence-electron chi connectivity index (χ0n) is 18.6. The number of anilines is 1. The Kier molecular flexibility index (Phi) is 7.83. The number of para-hydroxylation sites is 1. The van der Waals surface area contributed by atoms with Gasteiger partial charge in [0.15, 0.2) is 11.5 Å². The Bertz CT molecular complexity index is 969. The van der Waals surface area contributed by atoms with Gasteiger partial charge in [0.25, 0.3) is 0 Å². The molecule has 1 unspecified atom stereocenters. The third kappa shape index (κ3) is 5.45. The summed E-state index contributed by atoms with van der Waals surface area (Å²) in [6.07, 6.45) is 0.216. The van der Waals surface area contributed by atoms with E-state index in [2.05, 4.69) is 24.1 Å². The van der Waals surface area contributed by atoms with Crippen molar-refractivity contribution in [3.05, 3.63) is 53.6 Å². The minimum Gasteiger partial charge on any atom is -0.493 e. The van der Waals surface area contributed by atoms with Gasteiger partial charge in [0.2, 0.25) is 5.91 Å². The lowest BCUT2D eigenvalue weighted by atomic mass is 9.95. The summed E-state index contributed by atoms with van der Waals surface area (Å²) in [7, 11) is 1.49. The Labute approximate surface area is 187 Å². The number of hydrogen-bond donors (Lipinski definition) is 1. The minimum atomic E-state index is -0.973. The third-order valence-corrected chi connectivity index (χ3v) is 5.43. The first-order valence-electron chi connectivity index (χ1n) is 10.6. The Hall–Kier alpha value is -3.39. The van der Waals surface area contributed by atoms with Crippen LogP contribution in [0.3, 0.4) is 0 Å². The van der Waals surface area contributed by atoms with Crippen LogP contribution in [-0.2, 0) is 20.7 Å². The van der Waals surface area contributed by atoms with Gasteiger partial charge in [-0.05, 0) is 49.8 Å². The van der Waals surface area contributed by atoms with Crippen molar-refractivity contribution in [2.75, 3.05) is 38.7 Å². The number of ether oxygens (including phenoxy) is 3. The second-order valence-electron chi connectivity index (χ2n) is 7.36. The third-order valence-electron chi connectivity index (χ3n) is 5.43. The molecule has 1 aliphatic rings. The van der Waals surface area contributed by atoms with Crippen LogP contribution in [0.2, 0.25) is 0 Å². The predicted molar refractivity (Wildman–Crippen MR) is 119 cm³/mol. The number of esters is 2. The van der Waals surface area contributed by atoms with Crippen molar-refractivity contribution >= 4 is 23.5 Å². The van der Waals surface area contributed by atoms with E-state index in [4.69, 9.17) is 14.2 Å². The molecule has 170 valence electrons. The molecule has 0 bridgehead atoms. The van der Waals surface area contributed by atoms with Crippen LogP contribution in [0.4, 0.5) is 5.69 Å². The van der Waals surface area contributed by atoms with Crippen molar-refractivity contribution in [3.63, 3.8) is 0 Å². The van der Waals surface area contributed by atoms with Gasteiger partial charge in [0.1, 0.15) is 12.5 Å². The highest BCUT2D eigenvalue weighted by atomic mass is 16.6. The molecule has 1 atom stereocenters. The molecule has 1 heterocycles. The monoisotopic (exact) mass is 440 g/mol. The number of fused-ring (bicyclic) bond motifs is 1. The van der Waals surface area contributed by atoms with Crippen molar-refractivity contribution in [1.29, 1.82) is 0 Å². The summed E-state index contributed by atoms with van der Waals surface area (Å²) in [5, 5.41) is 2.71. The lowest BCUT2D eigenvalue weighted by Gasteiger charge is -2.24. The first kappa shape index (κ1) is 23.3.